The molecule has 4 nitrogen and oxygen atoms in total. The summed E-state index contributed by atoms with van der Waals surface area (Å²) in [6.45, 7) is 2.32. The second kappa shape index (κ2) is 8.65. The lowest BCUT2D eigenvalue weighted by Crippen LogP contribution is -2.34. The van der Waals surface area contributed by atoms with E-state index in [2.05, 4.69) is 6.08 Å². The molecule has 0 spiro atoms. The van der Waals surface area contributed by atoms with E-state index in [0.29, 0.717) is 19.0 Å². The van der Waals surface area contributed by atoms with Gasteiger partial charge in [-0.3, -0.25) is 4.79 Å². The SMILES string of the molecule is O=C(/C=C/C=C/CCC1CCC2OCOC2C1)N1CCCCC1. The van der Waals surface area contributed by atoms with Gasteiger partial charge in [0.1, 0.15) is 6.79 Å². The predicted molar refractivity (Wildman–Crippen MR) is 89.9 cm³/mol. The smallest absolute Gasteiger partial charge is 0.246 e. The maximum atomic E-state index is 12.0. The summed E-state index contributed by atoms with van der Waals surface area (Å²) in [4.78, 5) is 13.9. The number of hydrogen-bond acceptors (Lipinski definition) is 3. The Morgan fingerprint density at radius 3 is 2.74 bits per heavy atom. The molecular formula is C19H29NO3. The van der Waals surface area contributed by atoms with E-state index in [0.717, 1.165) is 51.1 Å². The van der Waals surface area contributed by atoms with Crippen LogP contribution in [0.1, 0.15) is 51.4 Å². The third-order valence-corrected chi connectivity index (χ3v) is 5.30. The normalized spacial score (nSPS) is 31.8. The summed E-state index contributed by atoms with van der Waals surface area (Å²) in [7, 11) is 0. The summed E-state index contributed by atoms with van der Waals surface area (Å²) < 4.78 is 11.2. The second-order valence-corrected chi connectivity index (χ2v) is 6.96. The van der Waals surface area contributed by atoms with Crippen LogP contribution in [0.15, 0.2) is 24.3 Å². The molecule has 0 N–H and O–H groups in total. The summed E-state index contributed by atoms with van der Waals surface area (Å²) in [5.41, 5.74) is 0. The Labute approximate surface area is 139 Å². The lowest BCUT2D eigenvalue weighted by atomic mass is 9.83. The number of hydrogen-bond donors (Lipinski definition) is 0. The van der Waals surface area contributed by atoms with Crippen molar-refractivity contribution in [2.75, 3.05) is 19.9 Å². The molecule has 1 aliphatic carbocycles. The summed E-state index contributed by atoms with van der Waals surface area (Å²) in [5, 5.41) is 0. The highest BCUT2D eigenvalue weighted by Crippen LogP contribution is 2.34. The van der Waals surface area contributed by atoms with Crippen LogP contribution in [-0.4, -0.2) is 42.9 Å². The zero-order valence-corrected chi connectivity index (χ0v) is 14.0. The van der Waals surface area contributed by atoms with E-state index >= 15 is 0 Å². The molecule has 0 aromatic rings. The maximum absolute atomic E-state index is 12.0. The first-order valence-corrected chi connectivity index (χ1v) is 9.18. The number of carbonyl (C=O) groups is 1. The molecule has 1 amide bonds. The zero-order chi connectivity index (χ0) is 15.9. The van der Waals surface area contributed by atoms with Crippen LogP contribution in [0.25, 0.3) is 0 Å². The highest BCUT2D eigenvalue weighted by Gasteiger charge is 2.35. The molecule has 3 rings (SSSR count). The molecule has 3 unspecified atom stereocenters. The second-order valence-electron chi connectivity index (χ2n) is 6.96. The fraction of sp³-hybridized carbons (Fsp3) is 0.737. The Hall–Kier alpha value is -1.13. The number of likely N-dealkylation sites (tertiary alicyclic amines) is 1. The highest BCUT2D eigenvalue weighted by molar-refractivity contribution is 5.87. The van der Waals surface area contributed by atoms with Gasteiger partial charge in [-0.15, -0.1) is 0 Å². The van der Waals surface area contributed by atoms with E-state index < -0.39 is 0 Å². The van der Waals surface area contributed by atoms with Gasteiger partial charge in [0.15, 0.2) is 0 Å². The van der Waals surface area contributed by atoms with E-state index in [1.807, 2.05) is 17.1 Å². The minimum absolute atomic E-state index is 0.158. The average Bonchev–Trinajstić information content (AvgIpc) is 3.06. The van der Waals surface area contributed by atoms with Crippen LogP contribution in [0.2, 0.25) is 0 Å². The third kappa shape index (κ3) is 4.92. The summed E-state index contributed by atoms with van der Waals surface area (Å²) >= 11 is 0. The monoisotopic (exact) mass is 319 g/mol. The quantitative estimate of drug-likeness (QED) is 0.575. The average molecular weight is 319 g/mol. The van der Waals surface area contributed by atoms with Gasteiger partial charge in [-0.05, 0) is 57.3 Å². The summed E-state index contributed by atoms with van der Waals surface area (Å²) in [6.07, 6.45) is 17.8. The molecule has 0 bridgehead atoms. The lowest BCUT2D eigenvalue weighted by molar-refractivity contribution is -0.126. The van der Waals surface area contributed by atoms with Crippen molar-refractivity contribution in [3.8, 4) is 0 Å². The molecule has 4 heteroatoms. The van der Waals surface area contributed by atoms with Crippen molar-refractivity contribution in [1.29, 1.82) is 0 Å². The van der Waals surface area contributed by atoms with E-state index in [1.165, 1.54) is 19.3 Å². The van der Waals surface area contributed by atoms with E-state index in [-0.39, 0.29) is 5.91 Å². The standard InChI is InChI=1S/C19H29NO3/c21-19(20-12-6-3-7-13-20)9-5-2-1-4-8-16-10-11-17-18(14-16)23-15-22-17/h1-2,5,9,16-18H,3-4,6-8,10-15H2/b2-1+,9-5+. The van der Waals surface area contributed by atoms with Crippen molar-refractivity contribution in [2.24, 2.45) is 5.92 Å². The maximum Gasteiger partial charge on any atom is 0.246 e. The third-order valence-electron chi connectivity index (χ3n) is 5.30. The highest BCUT2D eigenvalue weighted by atomic mass is 16.7. The van der Waals surface area contributed by atoms with Crippen molar-refractivity contribution in [1.82, 2.24) is 4.90 Å². The van der Waals surface area contributed by atoms with Gasteiger partial charge in [-0.1, -0.05) is 18.2 Å². The number of carbonyl (C=O) groups excluding carboxylic acids is 1. The van der Waals surface area contributed by atoms with Crippen LogP contribution in [0.3, 0.4) is 0 Å². The van der Waals surface area contributed by atoms with Gasteiger partial charge in [0.25, 0.3) is 0 Å². The zero-order valence-electron chi connectivity index (χ0n) is 14.0. The van der Waals surface area contributed by atoms with Gasteiger partial charge in [-0.25, -0.2) is 0 Å². The minimum atomic E-state index is 0.158. The number of nitrogens with zero attached hydrogens (tertiary/aromatic N) is 1. The van der Waals surface area contributed by atoms with Gasteiger partial charge in [-0.2, -0.15) is 0 Å². The van der Waals surface area contributed by atoms with Gasteiger partial charge in [0.2, 0.25) is 5.91 Å². The molecule has 1 saturated carbocycles. The molecule has 3 fully saturated rings. The van der Waals surface area contributed by atoms with Gasteiger partial charge in [0, 0.05) is 19.2 Å². The number of fused-ring (bicyclic) bond motifs is 1. The van der Waals surface area contributed by atoms with Crippen LogP contribution in [0.4, 0.5) is 0 Å². The first-order chi connectivity index (χ1) is 11.3. The fourth-order valence-electron chi connectivity index (χ4n) is 3.89. The Balaban J connectivity index is 1.31. The summed E-state index contributed by atoms with van der Waals surface area (Å²) in [5.74, 6) is 0.910. The van der Waals surface area contributed by atoms with Crippen LogP contribution >= 0.6 is 0 Å². The van der Waals surface area contributed by atoms with Crippen LogP contribution < -0.4 is 0 Å². The van der Waals surface area contributed by atoms with E-state index in [9.17, 15) is 4.79 Å². The largest absolute Gasteiger partial charge is 0.349 e. The molecule has 0 radical (unpaired) electrons. The summed E-state index contributed by atoms with van der Waals surface area (Å²) in [6, 6.07) is 0. The Bertz CT molecular complexity index is 440. The predicted octanol–water partition coefficient (Wildman–Crippen LogP) is 3.43. The van der Waals surface area contributed by atoms with Gasteiger partial charge < -0.3 is 14.4 Å². The molecule has 3 aliphatic rings. The number of ether oxygens (including phenoxy) is 2. The molecule has 2 aliphatic heterocycles. The van der Waals surface area contributed by atoms with Crippen molar-refractivity contribution >= 4 is 5.91 Å². The Kier molecular flexibility index (Phi) is 6.29. The number of rotatable bonds is 5. The van der Waals surface area contributed by atoms with Crippen molar-refractivity contribution in [2.45, 2.75) is 63.6 Å². The van der Waals surface area contributed by atoms with E-state index in [1.54, 1.807) is 6.08 Å². The minimum Gasteiger partial charge on any atom is -0.349 e. The van der Waals surface area contributed by atoms with Crippen LogP contribution in [0, 0.1) is 5.92 Å². The van der Waals surface area contributed by atoms with Gasteiger partial charge >= 0.3 is 0 Å². The topological polar surface area (TPSA) is 38.8 Å². The van der Waals surface area contributed by atoms with Crippen LogP contribution in [0.5, 0.6) is 0 Å². The van der Waals surface area contributed by atoms with Gasteiger partial charge in [0.05, 0.1) is 12.2 Å². The number of allylic oxidation sites excluding steroid dienone is 3. The number of amides is 1. The Morgan fingerprint density at radius 1 is 1.04 bits per heavy atom. The lowest BCUT2D eigenvalue weighted by Gasteiger charge is -2.29. The molecule has 128 valence electrons. The fourth-order valence-corrected chi connectivity index (χ4v) is 3.89. The van der Waals surface area contributed by atoms with E-state index in [4.69, 9.17) is 9.47 Å². The van der Waals surface area contributed by atoms with Crippen molar-refractivity contribution in [3.63, 3.8) is 0 Å². The number of piperidine rings is 1. The molecular weight excluding hydrogens is 290 g/mol. The van der Waals surface area contributed by atoms with Crippen molar-refractivity contribution in [3.05, 3.63) is 24.3 Å². The van der Waals surface area contributed by atoms with Crippen LogP contribution in [-0.2, 0) is 14.3 Å². The molecule has 0 aromatic heterocycles. The molecule has 23 heavy (non-hydrogen) atoms. The molecule has 0 aromatic carbocycles. The Morgan fingerprint density at radius 2 is 1.87 bits per heavy atom. The van der Waals surface area contributed by atoms with Crippen molar-refractivity contribution < 1.29 is 14.3 Å². The first kappa shape index (κ1) is 16.7. The molecule has 2 saturated heterocycles. The molecule has 2 heterocycles. The first-order valence-electron chi connectivity index (χ1n) is 9.18. The molecule has 3 atom stereocenters.